The lowest BCUT2D eigenvalue weighted by Crippen LogP contribution is -2.43. The first-order valence-corrected chi connectivity index (χ1v) is 7.30. The van der Waals surface area contributed by atoms with Crippen molar-refractivity contribution in [1.82, 2.24) is 20.3 Å². The molecule has 118 valence electrons. The van der Waals surface area contributed by atoms with Gasteiger partial charge in [-0.15, -0.1) is 0 Å². The van der Waals surface area contributed by atoms with E-state index >= 15 is 0 Å². The van der Waals surface area contributed by atoms with E-state index in [2.05, 4.69) is 20.8 Å². The number of carbonyl (C=O) groups is 1. The number of rotatable bonds is 6. The second-order valence-corrected chi connectivity index (χ2v) is 5.10. The van der Waals surface area contributed by atoms with Gasteiger partial charge in [0.1, 0.15) is 0 Å². The smallest absolute Gasteiger partial charge is 0.319 e. The van der Waals surface area contributed by atoms with Gasteiger partial charge in [0.05, 0.1) is 23.7 Å². The molecule has 0 fully saturated rings. The van der Waals surface area contributed by atoms with Crippen LogP contribution in [0.4, 0.5) is 10.5 Å². The van der Waals surface area contributed by atoms with Crippen molar-refractivity contribution in [2.24, 2.45) is 0 Å². The molecule has 0 spiro atoms. The van der Waals surface area contributed by atoms with Crippen molar-refractivity contribution in [2.45, 2.75) is 32.3 Å². The molecular formula is C15H21N5O2. The number of benzene rings is 1. The number of nitrogens with one attached hydrogen (secondary N) is 2. The van der Waals surface area contributed by atoms with E-state index in [4.69, 9.17) is 0 Å². The quantitative estimate of drug-likeness (QED) is 0.760. The maximum atomic E-state index is 11.8. The van der Waals surface area contributed by atoms with Crippen LogP contribution in [0.1, 0.15) is 26.7 Å². The number of carbonyl (C=O) groups excluding carboxylic acids is 1. The summed E-state index contributed by atoms with van der Waals surface area (Å²) < 4.78 is 0. The van der Waals surface area contributed by atoms with E-state index in [1.807, 2.05) is 26.0 Å². The number of urea groups is 1. The highest BCUT2D eigenvalue weighted by Gasteiger charge is 2.22. The summed E-state index contributed by atoms with van der Waals surface area (Å²) in [7, 11) is 0. The lowest BCUT2D eigenvalue weighted by Gasteiger charge is -2.25. The minimum Gasteiger partial charge on any atom is -0.388 e. The second kappa shape index (κ2) is 7.04. The highest BCUT2D eigenvalue weighted by atomic mass is 16.3. The summed E-state index contributed by atoms with van der Waals surface area (Å²) in [6, 6.07) is 6.81. The fourth-order valence-corrected chi connectivity index (χ4v) is 1.95. The summed E-state index contributed by atoms with van der Waals surface area (Å²) in [5.74, 6) is 0. The lowest BCUT2D eigenvalue weighted by molar-refractivity contribution is 0.0354. The van der Waals surface area contributed by atoms with Crippen LogP contribution < -0.4 is 10.6 Å². The van der Waals surface area contributed by atoms with Crippen LogP contribution in [0.3, 0.4) is 0 Å². The van der Waals surface area contributed by atoms with Crippen molar-refractivity contribution in [2.75, 3.05) is 11.9 Å². The Labute approximate surface area is 129 Å². The van der Waals surface area contributed by atoms with Crippen molar-refractivity contribution in [3.8, 4) is 5.69 Å². The minimum absolute atomic E-state index is 0.223. The van der Waals surface area contributed by atoms with Gasteiger partial charge in [0.2, 0.25) is 0 Å². The second-order valence-electron chi connectivity index (χ2n) is 5.10. The topological polar surface area (TPSA) is 92.1 Å². The van der Waals surface area contributed by atoms with E-state index in [0.29, 0.717) is 18.5 Å². The average Bonchev–Trinajstić information content (AvgIpc) is 3.08. The SMILES string of the molecule is CCC(O)(CC)CNC(=O)Nc1ccc(-n2nccn2)cc1. The molecule has 0 radical (unpaired) electrons. The molecule has 7 heteroatoms. The monoisotopic (exact) mass is 303 g/mol. The molecular weight excluding hydrogens is 282 g/mol. The number of amides is 2. The molecule has 0 aliphatic carbocycles. The van der Waals surface area contributed by atoms with Crippen molar-refractivity contribution >= 4 is 11.7 Å². The van der Waals surface area contributed by atoms with Crippen molar-refractivity contribution in [1.29, 1.82) is 0 Å². The Morgan fingerprint density at radius 3 is 2.32 bits per heavy atom. The molecule has 1 heterocycles. The molecule has 1 aromatic carbocycles. The predicted octanol–water partition coefficient (Wildman–Crippen LogP) is 1.94. The molecule has 1 aromatic heterocycles. The molecule has 2 rings (SSSR count). The number of nitrogens with zero attached hydrogens (tertiary/aromatic N) is 3. The summed E-state index contributed by atoms with van der Waals surface area (Å²) in [4.78, 5) is 13.3. The van der Waals surface area contributed by atoms with Crippen LogP contribution in [0.25, 0.3) is 5.69 Å². The van der Waals surface area contributed by atoms with Crippen LogP contribution in [0.5, 0.6) is 0 Å². The largest absolute Gasteiger partial charge is 0.388 e. The summed E-state index contributed by atoms with van der Waals surface area (Å²) >= 11 is 0. The molecule has 0 saturated carbocycles. The zero-order valence-corrected chi connectivity index (χ0v) is 12.8. The Morgan fingerprint density at radius 1 is 1.18 bits per heavy atom. The molecule has 2 amide bonds. The van der Waals surface area contributed by atoms with E-state index in [1.54, 1.807) is 24.5 Å². The van der Waals surface area contributed by atoms with Crippen LogP contribution in [0.15, 0.2) is 36.7 Å². The molecule has 2 aromatic rings. The van der Waals surface area contributed by atoms with Gasteiger partial charge in [-0.05, 0) is 37.1 Å². The Bertz CT molecular complexity index is 591. The van der Waals surface area contributed by atoms with Gasteiger partial charge in [0, 0.05) is 12.2 Å². The number of hydrogen-bond acceptors (Lipinski definition) is 4. The third-order valence-electron chi connectivity index (χ3n) is 3.67. The minimum atomic E-state index is -0.854. The maximum Gasteiger partial charge on any atom is 0.319 e. The first kappa shape index (κ1) is 16.0. The molecule has 3 N–H and O–H groups in total. The molecule has 0 unspecified atom stereocenters. The van der Waals surface area contributed by atoms with Crippen LogP contribution in [0, 0.1) is 0 Å². The van der Waals surface area contributed by atoms with E-state index in [-0.39, 0.29) is 12.6 Å². The van der Waals surface area contributed by atoms with Gasteiger partial charge >= 0.3 is 6.03 Å². The van der Waals surface area contributed by atoms with Gasteiger partial charge in [-0.1, -0.05) is 13.8 Å². The van der Waals surface area contributed by atoms with Crippen molar-refractivity contribution in [3.05, 3.63) is 36.7 Å². The third kappa shape index (κ3) is 4.05. The van der Waals surface area contributed by atoms with Gasteiger partial charge in [-0.2, -0.15) is 15.0 Å². The highest BCUT2D eigenvalue weighted by molar-refractivity contribution is 5.89. The van der Waals surface area contributed by atoms with Crippen LogP contribution >= 0.6 is 0 Å². The van der Waals surface area contributed by atoms with Crippen molar-refractivity contribution < 1.29 is 9.90 Å². The first-order chi connectivity index (χ1) is 10.6. The Morgan fingerprint density at radius 2 is 1.77 bits per heavy atom. The molecule has 0 atom stereocenters. The average molecular weight is 303 g/mol. The van der Waals surface area contributed by atoms with Gasteiger partial charge in [0.15, 0.2) is 0 Å². The van der Waals surface area contributed by atoms with E-state index < -0.39 is 5.60 Å². The number of hydrogen-bond donors (Lipinski definition) is 3. The van der Waals surface area contributed by atoms with Crippen LogP contribution in [-0.4, -0.2) is 38.3 Å². The standard InChI is InChI=1S/C15H21N5O2/c1-3-15(22,4-2)11-16-14(21)19-12-5-7-13(8-6-12)20-17-9-10-18-20/h5-10,22H,3-4,11H2,1-2H3,(H2,16,19,21). The van der Waals surface area contributed by atoms with Crippen molar-refractivity contribution in [3.63, 3.8) is 0 Å². The van der Waals surface area contributed by atoms with E-state index in [0.717, 1.165) is 5.69 Å². The summed E-state index contributed by atoms with van der Waals surface area (Å²) in [6.45, 7) is 4.01. The van der Waals surface area contributed by atoms with E-state index in [9.17, 15) is 9.90 Å². The zero-order chi connectivity index (χ0) is 16.0. The zero-order valence-electron chi connectivity index (χ0n) is 12.8. The van der Waals surface area contributed by atoms with Crippen LogP contribution in [-0.2, 0) is 0 Å². The fourth-order valence-electron chi connectivity index (χ4n) is 1.95. The summed E-state index contributed by atoms with van der Waals surface area (Å²) in [6.07, 6.45) is 4.38. The number of aliphatic hydroxyl groups is 1. The molecule has 0 bridgehead atoms. The highest BCUT2D eigenvalue weighted by Crippen LogP contribution is 2.14. The van der Waals surface area contributed by atoms with E-state index in [1.165, 1.54) is 4.80 Å². The van der Waals surface area contributed by atoms with Gasteiger partial charge in [-0.3, -0.25) is 0 Å². The molecule has 0 aliphatic rings. The number of aromatic nitrogens is 3. The molecule has 0 saturated heterocycles. The Hall–Kier alpha value is -2.41. The molecule has 7 nitrogen and oxygen atoms in total. The van der Waals surface area contributed by atoms with Gasteiger partial charge in [0.25, 0.3) is 0 Å². The third-order valence-corrected chi connectivity index (χ3v) is 3.67. The normalized spacial score (nSPS) is 11.2. The molecule has 0 aliphatic heterocycles. The Balaban J connectivity index is 1.89. The van der Waals surface area contributed by atoms with Gasteiger partial charge < -0.3 is 15.7 Å². The summed E-state index contributed by atoms with van der Waals surface area (Å²) in [5.41, 5.74) is 0.611. The Kier molecular flexibility index (Phi) is 5.11. The fraction of sp³-hybridized carbons (Fsp3) is 0.400. The van der Waals surface area contributed by atoms with Gasteiger partial charge in [-0.25, -0.2) is 4.79 Å². The number of anilines is 1. The first-order valence-electron chi connectivity index (χ1n) is 7.30. The molecule has 22 heavy (non-hydrogen) atoms. The summed E-state index contributed by atoms with van der Waals surface area (Å²) in [5, 5.41) is 23.6. The predicted molar refractivity (Wildman–Crippen MR) is 83.9 cm³/mol. The maximum absolute atomic E-state index is 11.8. The lowest BCUT2D eigenvalue weighted by atomic mass is 9.98. The van der Waals surface area contributed by atoms with Crippen LogP contribution in [0.2, 0.25) is 0 Å².